The Bertz CT molecular complexity index is 1050. The first-order chi connectivity index (χ1) is 15.7. The number of hydrogen-bond donors (Lipinski definition) is 1. The molecular formula is C25H28N2O4S. The fraction of sp³-hybridized carbons (Fsp3) is 0.320. The maximum atomic E-state index is 13.0. The molecule has 32 heavy (non-hydrogen) atoms. The molecule has 1 aliphatic heterocycles. The van der Waals surface area contributed by atoms with Gasteiger partial charge in [0.1, 0.15) is 11.5 Å². The normalized spacial score (nSPS) is 13.6. The van der Waals surface area contributed by atoms with Crippen LogP contribution in [-0.2, 0) is 11.2 Å². The van der Waals surface area contributed by atoms with E-state index in [0.29, 0.717) is 31.1 Å². The van der Waals surface area contributed by atoms with Gasteiger partial charge in [-0.15, -0.1) is 11.3 Å². The van der Waals surface area contributed by atoms with Crippen molar-refractivity contribution in [2.75, 3.05) is 52.0 Å². The predicted octanol–water partition coefficient (Wildman–Crippen LogP) is 4.24. The summed E-state index contributed by atoms with van der Waals surface area (Å²) in [6.07, 6.45) is 0.652. The Morgan fingerprint density at radius 3 is 2.56 bits per heavy atom. The minimum absolute atomic E-state index is 0.0615. The van der Waals surface area contributed by atoms with Crippen LogP contribution in [0.5, 0.6) is 11.5 Å². The van der Waals surface area contributed by atoms with E-state index in [9.17, 15) is 4.79 Å². The lowest BCUT2D eigenvalue weighted by Gasteiger charge is -2.28. The van der Waals surface area contributed by atoms with E-state index in [2.05, 4.69) is 22.3 Å². The van der Waals surface area contributed by atoms with Crippen molar-refractivity contribution < 1.29 is 19.0 Å². The molecule has 4 rings (SSSR count). The van der Waals surface area contributed by atoms with E-state index in [4.69, 9.17) is 14.2 Å². The van der Waals surface area contributed by atoms with Gasteiger partial charge >= 0.3 is 0 Å². The van der Waals surface area contributed by atoms with Crippen LogP contribution in [0, 0.1) is 0 Å². The fourth-order valence-corrected chi connectivity index (χ4v) is 4.94. The van der Waals surface area contributed by atoms with E-state index in [0.717, 1.165) is 46.3 Å². The first-order valence-corrected chi connectivity index (χ1v) is 11.5. The highest BCUT2D eigenvalue weighted by atomic mass is 32.1. The summed E-state index contributed by atoms with van der Waals surface area (Å²) < 4.78 is 16.3. The molecule has 0 atom stereocenters. The molecule has 0 unspecified atom stereocenters. The zero-order valence-corrected chi connectivity index (χ0v) is 19.2. The standard InChI is InChI=1S/C25H28N2O4S/c1-29-20-8-9-22(30-2)19(16-20)10-11-26-24(28)23-17-21(18-6-4-3-5-7-18)25(32-23)27-12-14-31-15-13-27/h3-9,16-17H,10-15H2,1-2H3,(H,26,28). The van der Waals surface area contributed by atoms with E-state index in [1.165, 1.54) is 0 Å². The molecule has 0 aliphatic carbocycles. The summed E-state index contributed by atoms with van der Waals surface area (Å²) in [5.74, 6) is 1.50. The van der Waals surface area contributed by atoms with Gasteiger partial charge in [-0.05, 0) is 41.8 Å². The Hall–Kier alpha value is -3.03. The van der Waals surface area contributed by atoms with Gasteiger partial charge in [-0.1, -0.05) is 30.3 Å². The van der Waals surface area contributed by atoms with Crippen molar-refractivity contribution in [2.24, 2.45) is 0 Å². The van der Waals surface area contributed by atoms with Crippen LogP contribution in [0.4, 0.5) is 5.00 Å². The smallest absolute Gasteiger partial charge is 0.261 e. The second-order valence-electron chi connectivity index (χ2n) is 7.48. The lowest BCUT2D eigenvalue weighted by Crippen LogP contribution is -2.35. The summed E-state index contributed by atoms with van der Waals surface area (Å²) in [5, 5.41) is 4.19. The number of hydrogen-bond acceptors (Lipinski definition) is 6. The van der Waals surface area contributed by atoms with Crippen molar-refractivity contribution in [3.63, 3.8) is 0 Å². The summed E-state index contributed by atoms with van der Waals surface area (Å²) in [7, 11) is 3.29. The van der Waals surface area contributed by atoms with Gasteiger partial charge in [0.05, 0.1) is 37.3 Å². The molecule has 6 nitrogen and oxygen atoms in total. The van der Waals surface area contributed by atoms with Gasteiger partial charge in [-0.2, -0.15) is 0 Å². The van der Waals surface area contributed by atoms with Crippen LogP contribution in [0.25, 0.3) is 11.1 Å². The van der Waals surface area contributed by atoms with E-state index < -0.39 is 0 Å². The van der Waals surface area contributed by atoms with Crippen LogP contribution in [0.2, 0.25) is 0 Å². The van der Waals surface area contributed by atoms with Crippen molar-refractivity contribution in [3.8, 4) is 22.6 Å². The molecule has 0 bridgehead atoms. The van der Waals surface area contributed by atoms with Gasteiger partial charge < -0.3 is 24.4 Å². The third kappa shape index (κ3) is 5.06. The van der Waals surface area contributed by atoms with Crippen molar-refractivity contribution in [1.29, 1.82) is 0 Å². The highest BCUT2D eigenvalue weighted by molar-refractivity contribution is 7.18. The molecule has 0 saturated carbocycles. The SMILES string of the molecule is COc1ccc(OC)c(CCNC(=O)c2cc(-c3ccccc3)c(N3CCOCC3)s2)c1. The minimum Gasteiger partial charge on any atom is -0.497 e. The molecule has 1 amide bonds. The summed E-state index contributed by atoms with van der Waals surface area (Å²) in [5.41, 5.74) is 3.21. The number of ether oxygens (including phenoxy) is 3. The first-order valence-electron chi connectivity index (χ1n) is 10.7. The lowest BCUT2D eigenvalue weighted by molar-refractivity contribution is 0.0958. The molecule has 2 aromatic carbocycles. The van der Waals surface area contributed by atoms with Crippen molar-refractivity contribution >= 4 is 22.2 Å². The quantitative estimate of drug-likeness (QED) is 0.554. The van der Waals surface area contributed by atoms with E-state index in [-0.39, 0.29) is 5.91 Å². The molecule has 1 N–H and O–H groups in total. The lowest BCUT2D eigenvalue weighted by atomic mass is 10.1. The average Bonchev–Trinajstić information content (AvgIpc) is 3.31. The Morgan fingerprint density at radius 1 is 1.06 bits per heavy atom. The number of amides is 1. The maximum Gasteiger partial charge on any atom is 0.261 e. The van der Waals surface area contributed by atoms with Crippen LogP contribution in [0.1, 0.15) is 15.2 Å². The first kappa shape index (κ1) is 22.2. The maximum absolute atomic E-state index is 13.0. The predicted molar refractivity (Wildman–Crippen MR) is 128 cm³/mol. The second-order valence-corrected chi connectivity index (χ2v) is 8.51. The zero-order valence-electron chi connectivity index (χ0n) is 18.4. The van der Waals surface area contributed by atoms with Crippen LogP contribution in [0.15, 0.2) is 54.6 Å². The Morgan fingerprint density at radius 2 is 1.84 bits per heavy atom. The summed E-state index contributed by atoms with van der Waals surface area (Å²) in [6, 6.07) is 17.9. The van der Waals surface area contributed by atoms with Gasteiger partial charge in [0, 0.05) is 25.2 Å². The van der Waals surface area contributed by atoms with Crippen LogP contribution in [0.3, 0.4) is 0 Å². The Kier molecular flexibility index (Phi) is 7.29. The molecule has 1 aromatic heterocycles. The summed E-state index contributed by atoms with van der Waals surface area (Å²) in [6.45, 7) is 3.58. The van der Waals surface area contributed by atoms with Crippen molar-refractivity contribution in [1.82, 2.24) is 5.32 Å². The minimum atomic E-state index is -0.0615. The number of morpholine rings is 1. The zero-order chi connectivity index (χ0) is 22.3. The van der Waals surface area contributed by atoms with E-state index in [1.807, 2.05) is 42.5 Å². The molecule has 1 aliphatic rings. The van der Waals surface area contributed by atoms with Crippen LogP contribution >= 0.6 is 11.3 Å². The van der Waals surface area contributed by atoms with Gasteiger partial charge in [0.2, 0.25) is 0 Å². The number of rotatable bonds is 8. The third-order valence-corrected chi connectivity index (χ3v) is 6.68. The number of thiophene rings is 1. The number of methoxy groups -OCH3 is 2. The van der Waals surface area contributed by atoms with E-state index in [1.54, 1.807) is 25.6 Å². The monoisotopic (exact) mass is 452 g/mol. The Labute approximate surface area is 192 Å². The highest BCUT2D eigenvalue weighted by Gasteiger charge is 2.22. The van der Waals surface area contributed by atoms with Gasteiger partial charge in [-0.25, -0.2) is 0 Å². The largest absolute Gasteiger partial charge is 0.497 e. The van der Waals surface area contributed by atoms with E-state index >= 15 is 0 Å². The van der Waals surface area contributed by atoms with Crippen molar-refractivity contribution in [2.45, 2.75) is 6.42 Å². The molecule has 0 radical (unpaired) electrons. The average molecular weight is 453 g/mol. The number of carbonyl (C=O) groups is 1. The number of nitrogens with one attached hydrogen (secondary N) is 1. The van der Waals surface area contributed by atoms with Gasteiger partial charge in [-0.3, -0.25) is 4.79 Å². The number of anilines is 1. The van der Waals surface area contributed by atoms with Crippen molar-refractivity contribution in [3.05, 3.63) is 65.0 Å². The molecule has 2 heterocycles. The molecule has 7 heteroatoms. The molecule has 1 fully saturated rings. The summed E-state index contributed by atoms with van der Waals surface area (Å²) >= 11 is 1.54. The molecule has 1 saturated heterocycles. The summed E-state index contributed by atoms with van der Waals surface area (Å²) in [4.78, 5) is 16.0. The number of carbonyl (C=O) groups excluding carboxylic acids is 1. The molecule has 3 aromatic rings. The molecule has 0 spiro atoms. The number of nitrogens with zero attached hydrogens (tertiary/aromatic N) is 1. The van der Waals surface area contributed by atoms with Crippen LogP contribution < -0.4 is 19.7 Å². The topological polar surface area (TPSA) is 60.0 Å². The highest BCUT2D eigenvalue weighted by Crippen LogP contribution is 2.39. The molecular weight excluding hydrogens is 424 g/mol. The van der Waals surface area contributed by atoms with Gasteiger partial charge in [0.25, 0.3) is 5.91 Å². The second kappa shape index (κ2) is 10.5. The number of benzene rings is 2. The van der Waals surface area contributed by atoms with Gasteiger partial charge in [0.15, 0.2) is 0 Å². The third-order valence-electron chi connectivity index (χ3n) is 5.49. The molecule has 168 valence electrons. The Balaban J connectivity index is 1.50. The fourth-order valence-electron chi connectivity index (χ4n) is 3.79. The van der Waals surface area contributed by atoms with Crippen LogP contribution in [-0.4, -0.2) is 53.0 Å².